The second kappa shape index (κ2) is 4.52. The fourth-order valence-corrected chi connectivity index (χ4v) is 3.38. The number of aliphatic carboxylic acids is 1. The Balaban J connectivity index is 2.03. The molecule has 2 fully saturated rings. The first-order valence-corrected chi connectivity index (χ1v) is 6.14. The highest BCUT2D eigenvalue weighted by atomic mass is 16.4. The Morgan fingerprint density at radius 1 is 1.33 bits per heavy atom. The Morgan fingerprint density at radius 3 is 2.80 bits per heavy atom. The summed E-state index contributed by atoms with van der Waals surface area (Å²) >= 11 is 0. The molecular weight excluding hydrogens is 190 g/mol. The fraction of sp³-hybridized carbons (Fsp3) is 0.917. The van der Waals surface area contributed by atoms with Crippen LogP contribution in [-0.4, -0.2) is 35.1 Å². The van der Waals surface area contributed by atoms with Crippen LogP contribution in [0.25, 0.3) is 0 Å². The Labute approximate surface area is 91.5 Å². The number of nitrogens with zero attached hydrogens (tertiary/aromatic N) is 1. The molecule has 3 heteroatoms. The van der Waals surface area contributed by atoms with Crippen LogP contribution in [0.1, 0.15) is 39.0 Å². The summed E-state index contributed by atoms with van der Waals surface area (Å²) in [5.74, 6) is 0.876. The molecule has 86 valence electrons. The number of carboxylic acids is 1. The fourth-order valence-electron chi connectivity index (χ4n) is 3.38. The number of carboxylic acid groups (broad SMARTS) is 1. The van der Waals surface area contributed by atoms with Crippen LogP contribution >= 0.6 is 0 Å². The molecule has 1 saturated heterocycles. The number of fused-ring (bicyclic) bond motifs is 1. The topological polar surface area (TPSA) is 40.5 Å². The van der Waals surface area contributed by atoms with Gasteiger partial charge in [0, 0.05) is 6.04 Å². The average molecular weight is 211 g/mol. The van der Waals surface area contributed by atoms with Crippen LogP contribution in [-0.2, 0) is 4.79 Å². The van der Waals surface area contributed by atoms with Crippen LogP contribution in [0.15, 0.2) is 0 Å². The average Bonchev–Trinajstić information content (AvgIpc) is 2.22. The van der Waals surface area contributed by atoms with Crippen molar-refractivity contribution < 1.29 is 9.90 Å². The van der Waals surface area contributed by atoms with Crippen LogP contribution in [0.5, 0.6) is 0 Å². The third kappa shape index (κ3) is 2.33. The Kier molecular flexibility index (Phi) is 3.29. The van der Waals surface area contributed by atoms with Crippen LogP contribution in [0, 0.1) is 11.8 Å². The van der Waals surface area contributed by atoms with E-state index in [1.807, 2.05) is 0 Å². The van der Waals surface area contributed by atoms with Crippen molar-refractivity contribution in [2.24, 2.45) is 11.8 Å². The van der Waals surface area contributed by atoms with Gasteiger partial charge in [0.05, 0.1) is 6.54 Å². The maximum Gasteiger partial charge on any atom is 0.317 e. The maximum absolute atomic E-state index is 10.8. The van der Waals surface area contributed by atoms with Crippen LogP contribution in [0.2, 0.25) is 0 Å². The van der Waals surface area contributed by atoms with E-state index in [4.69, 9.17) is 5.11 Å². The second-order valence-electron chi connectivity index (χ2n) is 5.15. The molecule has 0 spiro atoms. The molecule has 0 radical (unpaired) electrons. The Morgan fingerprint density at radius 2 is 2.07 bits per heavy atom. The van der Waals surface area contributed by atoms with Crippen LogP contribution in [0.3, 0.4) is 0 Å². The maximum atomic E-state index is 10.8. The van der Waals surface area contributed by atoms with E-state index in [2.05, 4.69) is 11.8 Å². The predicted octanol–water partition coefficient (Wildman–Crippen LogP) is 1.97. The Bertz CT molecular complexity index is 242. The van der Waals surface area contributed by atoms with Gasteiger partial charge in [0.1, 0.15) is 0 Å². The van der Waals surface area contributed by atoms with Crippen molar-refractivity contribution in [1.29, 1.82) is 0 Å². The molecule has 0 aromatic rings. The largest absolute Gasteiger partial charge is 0.480 e. The monoisotopic (exact) mass is 211 g/mol. The lowest BCUT2D eigenvalue weighted by Crippen LogP contribution is -2.51. The van der Waals surface area contributed by atoms with Crippen molar-refractivity contribution in [3.05, 3.63) is 0 Å². The predicted molar refractivity (Wildman–Crippen MR) is 58.7 cm³/mol. The molecule has 0 aromatic carbocycles. The van der Waals surface area contributed by atoms with Gasteiger partial charge < -0.3 is 5.11 Å². The lowest BCUT2D eigenvalue weighted by atomic mass is 9.72. The van der Waals surface area contributed by atoms with Crippen molar-refractivity contribution in [2.75, 3.05) is 13.1 Å². The third-order valence-corrected chi connectivity index (χ3v) is 4.19. The second-order valence-corrected chi connectivity index (χ2v) is 5.15. The molecule has 1 aliphatic heterocycles. The zero-order chi connectivity index (χ0) is 10.8. The van der Waals surface area contributed by atoms with E-state index in [9.17, 15) is 4.79 Å². The molecule has 1 N–H and O–H groups in total. The SMILES string of the molecule is C[C@@H]1CCN(CC(=O)O)[C@@H]2CCCC[C@@H]12. The summed E-state index contributed by atoms with van der Waals surface area (Å²) in [7, 11) is 0. The zero-order valence-electron chi connectivity index (χ0n) is 9.48. The van der Waals surface area contributed by atoms with Gasteiger partial charge in [-0.15, -0.1) is 0 Å². The first-order chi connectivity index (χ1) is 7.18. The lowest BCUT2D eigenvalue weighted by Gasteiger charge is -2.46. The normalized spacial score (nSPS) is 37.3. The summed E-state index contributed by atoms with van der Waals surface area (Å²) in [6, 6.07) is 0.554. The van der Waals surface area contributed by atoms with Crippen molar-refractivity contribution in [1.82, 2.24) is 4.90 Å². The minimum atomic E-state index is -0.672. The number of rotatable bonds is 2. The van der Waals surface area contributed by atoms with Crippen LogP contribution < -0.4 is 0 Å². The summed E-state index contributed by atoms with van der Waals surface area (Å²) < 4.78 is 0. The summed E-state index contributed by atoms with van der Waals surface area (Å²) in [6.45, 7) is 3.56. The van der Waals surface area contributed by atoms with Gasteiger partial charge in [0.2, 0.25) is 0 Å². The smallest absolute Gasteiger partial charge is 0.317 e. The quantitative estimate of drug-likeness (QED) is 0.759. The van der Waals surface area contributed by atoms with E-state index in [-0.39, 0.29) is 6.54 Å². The molecule has 0 unspecified atom stereocenters. The summed E-state index contributed by atoms with van der Waals surface area (Å²) in [5, 5.41) is 8.88. The molecule has 1 aliphatic carbocycles. The van der Waals surface area contributed by atoms with Gasteiger partial charge in [0.15, 0.2) is 0 Å². The van der Waals surface area contributed by atoms with Gasteiger partial charge in [-0.05, 0) is 37.6 Å². The van der Waals surface area contributed by atoms with E-state index < -0.39 is 5.97 Å². The molecule has 3 nitrogen and oxygen atoms in total. The van der Waals surface area contributed by atoms with Gasteiger partial charge in [-0.2, -0.15) is 0 Å². The molecule has 1 heterocycles. The van der Waals surface area contributed by atoms with E-state index in [0.29, 0.717) is 6.04 Å². The molecule has 2 aliphatic rings. The molecule has 15 heavy (non-hydrogen) atoms. The van der Waals surface area contributed by atoms with Crippen molar-refractivity contribution in [3.63, 3.8) is 0 Å². The van der Waals surface area contributed by atoms with Crippen LogP contribution in [0.4, 0.5) is 0 Å². The van der Waals surface area contributed by atoms with E-state index >= 15 is 0 Å². The van der Waals surface area contributed by atoms with Crippen molar-refractivity contribution in [2.45, 2.75) is 45.1 Å². The molecule has 2 rings (SSSR count). The van der Waals surface area contributed by atoms with Gasteiger partial charge in [-0.25, -0.2) is 0 Å². The number of hydrogen-bond donors (Lipinski definition) is 1. The van der Waals surface area contributed by atoms with Crippen molar-refractivity contribution >= 4 is 5.97 Å². The van der Waals surface area contributed by atoms with Gasteiger partial charge in [-0.3, -0.25) is 9.69 Å². The zero-order valence-corrected chi connectivity index (χ0v) is 9.48. The molecule has 3 atom stereocenters. The standard InChI is InChI=1S/C12H21NO2/c1-9-6-7-13(8-12(14)15)11-5-3-2-4-10(9)11/h9-11H,2-8H2,1H3,(H,14,15)/t9-,10+,11-/m1/s1. The minimum absolute atomic E-state index is 0.244. The summed E-state index contributed by atoms with van der Waals surface area (Å²) in [5.41, 5.74) is 0. The van der Waals surface area contributed by atoms with Gasteiger partial charge in [-0.1, -0.05) is 19.8 Å². The first-order valence-electron chi connectivity index (χ1n) is 6.14. The highest BCUT2D eigenvalue weighted by Crippen LogP contribution is 2.38. The molecule has 0 amide bonds. The van der Waals surface area contributed by atoms with E-state index in [0.717, 1.165) is 18.4 Å². The van der Waals surface area contributed by atoms with E-state index in [1.54, 1.807) is 0 Å². The molecule has 1 saturated carbocycles. The summed E-state index contributed by atoms with van der Waals surface area (Å²) in [4.78, 5) is 13.0. The Hall–Kier alpha value is -0.570. The lowest BCUT2D eigenvalue weighted by molar-refractivity contribution is -0.140. The first kappa shape index (κ1) is 10.9. The van der Waals surface area contributed by atoms with Gasteiger partial charge >= 0.3 is 5.97 Å². The van der Waals surface area contributed by atoms with E-state index in [1.165, 1.54) is 32.1 Å². The molecule has 0 aromatic heterocycles. The minimum Gasteiger partial charge on any atom is -0.480 e. The number of likely N-dealkylation sites (tertiary alicyclic amines) is 1. The highest BCUT2D eigenvalue weighted by molar-refractivity contribution is 5.69. The molecule has 0 bridgehead atoms. The number of carbonyl (C=O) groups is 1. The molecular formula is C12H21NO2. The van der Waals surface area contributed by atoms with Gasteiger partial charge in [0.25, 0.3) is 0 Å². The number of hydrogen-bond acceptors (Lipinski definition) is 2. The number of piperidine rings is 1. The third-order valence-electron chi connectivity index (χ3n) is 4.19. The summed E-state index contributed by atoms with van der Waals surface area (Å²) in [6.07, 6.45) is 6.31. The van der Waals surface area contributed by atoms with Crippen molar-refractivity contribution in [3.8, 4) is 0 Å². The highest BCUT2D eigenvalue weighted by Gasteiger charge is 2.37.